The van der Waals surface area contributed by atoms with Crippen LogP contribution in [0.1, 0.15) is 37.7 Å². The molecule has 0 bridgehead atoms. The molecule has 0 spiro atoms. The highest BCUT2D eigenvalue weighted by Crippen LogP contribution is 2.28. The molecule has 3 rings (SSSR count). The van der Waals surface area contributed by atoms with Gasteiger partial charge in [-0.1, -0.05) is 36.8 Å². The molecule has 1 aliphatic heterocycles. The molecule has 1 aromatic rings. The first kappa shape index (κ1) is 14.6. The highest BCUT2D eigenvalue weighted by molar-refractivity contribution is 5.80. The van der Waals surface area contributed by atoms with Gasteiger partial charge in [-0.2, -0.15) is 0 Å². The number of nitrogens with zero attached hydrogens (tertiary/aromatic N) is 1. The summed E-state index contributed by atoms with van der Waals surface area (Å²) in [6, 6.07) is 10.8. The number of hydrogen-bond acceptors (Lipinski definition) is 2. The van der Waals surface area contributed by atoms with Crippen LogP contribution in [0.3, 0.4) is 0 Å². The van der Waals surface area contributed by atoms with Gasteiger partial charge in [-0.05, 0) is 43.6 Å². The minimum atomic E-state index is 0.0932. The lowest BCUT2D eigenvalue weighted by molar-refractivity contribution is -0.137. The van der Waals surface area contributed by atoms with E-state index in [1.54, 1.807) is 0 Å². The van der Waals surface area contributed by atoms with Crippen molar-refractivity contribution in [3.8, 4) is 0 Å². The first-order valence-electron chi connectivity index (χ1n) is 8.32. The Balaban J connectivity index is 1.50. The monoisotopic (exact) mass is 286 g/mol. The van der Waals surface area contributed by atoms with E-state index < -0.39 is 0 Å². The molecule has 114 valence electrons. The Bertz CT molecular complexity index is 465. The van der Waals surface area contributed by atoms with Crippen molar-refractivity contribution in [3.63, 3.8) is 0 Å². The lowest BCUT2D eigenvalue weighted by Gasteiger charge is -2.34. The van der Waals surface area contributed by atoms with Crippen molar-refractivity contribution in [3.05, 3.63) is 35.9 Å². The van der Waals surface area contributed by atoms with Crippen molar-refractivity contribution in [1.82, 2.24) is 4.90 Å². The molecule has 1 saturated carbocycles. The molecule has 3 heteroatoms. The molecule has 1 aliphatic carbocycles. The van der Waals surface area contributed by atoms with Gasteiger partial charge in [0.1, 0.15) is 0 Å². The number of benzene rings is 1. The first-order chi connectivity index (χ1) is 10.2. The highest BCUT2D eigenvalue weighted by atomic mass is 16.2. The van der Waals surface area contributed by atoms with Gasteiger partial charge in [-0.3, -0.25) is 4.79 Å². The first-order valence-corrected chi connectivity index (χ1v) is 8.32. The van der Waals surface area contributed by atoms with Crippen LogP contribution in [0.4, 0.5) is 0 Å². The third-order valence-corrected chi connectivity index (χ3v) is 5.18. The van der Waals surface area contributed by atoms with E-state index in [-0.39, 0.29) is 12.0 Å². The zero-order chi connectivity index (χ0) is 14.7. The highest BCUT2D eigenvalue weighted by Gasteiger charge is 2.34. The van der Waals surface area contributed by atoms with Gasteiger partial charge in [0.2, 0.25) is 5.91 Å². The molecule has 1 amide bonds. The summed E-state index contributed by atoms with van der Waals surface area (Å²) in [6.07, 6.45) is 6.52. The summed E-state index contributed by atoms with van der Waals surface area (Å²) in [7, 11) is 0. The quantitative estimate of drug-likeness (QED) is 0.928. The second-order valence-electron chi connectivity index (χ2n) is 6.66. The Labute approximate surface area is 127 Å². The smallest absolute Gasteiger partial charge is 0.227 e. The molecule has 2 aliphatic rings. The third kappa shape index (κ3) is 3.46. The number of hydrogen-bond donors (Lipinski definition) is 1. The van der Waals surface area contributed by atoms with Gasteiger partial charge in [0.25, 0.3) is 0 Å². The van der Waals surface area contributed by atoms with Crippen LogP contribution < -0.4 is 5.73 Å². The average Bonchev–Trinajstić information content (AvgIpc) is 2.94. The van der Waals surface area contributed by atoms with E-state index in [1.165, 1.54) is 5.56 Å². The summed E-state index contributed by atoms with van der Waals surface area (Å²) in [5.74, 6) is 1.13. The fraction of sp³-hybridized carbons (Fsp3) is 0.611. The van der Waals surface area contributed by atoms with Crippen molar-refractivity contribution >= 4 is 5.91 Å². The van der Waals surface area contributed by atoms with Gasteiger partial charge in [0, 0.05) is 19.1 Å². The van der Waals surface area contributed by atoms with E-state index in [9.17, 15) is 4.79 Å². The van der Waals surface area contributed by atoms with Gasteiger partial charge in [-0.15, -0.1) is 0 Å². The van der Waals surface area contributed by atoms with Crippen LogP contribution in [0.25, 0.3) is 0 Å². The molecular weight excluding hydrogens is 260 g/mol. The summed E-state index contributed by atoms with van der Waals surface area (Å²) in [5.41, 5.74) is 7.49. The molecule has 21 heavy (non-hydrogen) atoms. The van der Waals surface area contributed by atoms with E-state index >= 15 is 0 Å². The molecule has 0 radical (unpaired) electrons. The molecule has 2 N–H and O–H groups in total. The van der Waals surface area contributed by atoms with Crippen LogP contribution in [0.2, 0.25) is 0 Å². The van der Waals surface area contributed by atoms with Crippen LogP contribution in [0.5, 0.6) is 0 Å². The molecule has 2 atom stereocenters. The summed E-state index contributed by atoms with van der Waals surface area (Å²) in [6.45, 7) is 1.83. The van der Waals surface area contributed by atoms with Crippen molar-refractivity contribution in [2.24, 2.45) is 17.6 Å². The van der Waals surface area contributed by atoms with E-state index in [0.29, 0.717) is 11.8 Å². The molecule has 3 nitrogen and oxygen atoms in total. The molecule has 2 fully saturated rings. The van der Waals surface area contributed by atoms with Crippen LogP contribution in [0, 0.1) is 11.8 Å². The fourth-order valence-electron chi connectivity index (χ4n) is 3.83. The van der Waals surface area contributed by atoms with Crippen molar-refractivity contribution in [2.75, 3.05) is 13.1 Å². The summed E-state index contributed by atoms with van der Waals surface area (Å²) in [4.78, 5) is 14.6. The van der Waals surface area contributed by atoms with Gasteiger partial charge < -0.3 is 10.6 Å². The summed E-state index contributed by atoms with van der Waals surface area (Å²) < 4.78 is 0. The second kappa shape index (κ2) is 6.61. The Morgan fingerprint density at radius 3 is 2.43 bits per heavy atom. The van der Waals surface area contributed by atoms with Crippen LogP contribution in [0.15, 0.2) is 30.3 Å². The van der Waals surface area contributed by atoms with Crippen LogP contribution >= 0.6 is 0 Å². The lowest BCUT2D eigenvalue weighted by atomic mass is 9.89. The summed E-state index contributed by atoms with van der Waals surface area (Å²) in [5, 5.41) is 0. The minimum absolute atomic E-state index is 0.0932. The molecule has 2 unspecified atom stereocenters. The number of piperidine rings is 1. The van der Waals surface area contributed by atoms with Crippen LogP contribution in [-0.4, -0.2) is 29.9 Å². The number of nitrogens with two attached hydrogens (primary N) is 1. The predicted octanol–water partition coefficient (Wildman–Crippen LogP) is 2.60. The van der Waals surface area contributed by atoms with Crippen molar-refractivity contribution in [1.29, 1.82) is 0 Å². The topological polar surface area (TPSA) is 46.3 Å². The van der Waals surface area contributed by atoms with Crippen molar-refractivity contribution < 1.29 is 4.79 Å². The standard InChI is InChI=1S/C18H26N2O/c19-17-8-4-7-16(17)18(21)20-11-9-15(10-12-20)13-14-5-2-1-3-6-14/h1-3,5-6,15-17H,4,7-13,19H2. The maximum atomic E-state index is 12.5. The van der Waals surface area contributed by atoms with E-state index in [2.05, 4.69) is 35.2 Å². The van der Waals surface area contributed by atoms with Crippen LogP contribution in [-0.2, 0) is 11.2 Å². The fourth-order valence-corrected chi connectivity index (χ4v) is 3.83. The normalized spacial score (nSPS) is 27.0. The van der Waals surface area contributed by atoms with Gasteiger partial charge in [0.15, 0.2) is 0 Å². The number of carbonyl (C=O) groups is 1. The van der Waals surface area contributed by atoms with Gasteiger partial charge in [-0.25, -0.2) is 0 Å². The third-order valence-electron chi connectivity index (χ3n) is 5.18. The Morgan fingerprint density at radius 1 is 1.10 bits per heavy atom. The SMILES string of the molecule is NC1CCCC1C(=O)N1CCC(Cc2ccccc2)CC1. The molecule has 1 aromatic carbocycles. The summed E-state index contributed by atoms with van der Waals surface area (Å²) >= 11 is 0. The molecule has 1 heterocycles. The predicted molar refractivity (Wildman–Crippen MR) is 84.8 cm³/mol. The molecule has 0 aromatic heterocycles. The largest absolute Gasteiger partial charge is 0.342 e. The Hall–Kier alpha value is -1.35. The van der Waals surface area contributed by atoms with E-state index in [4.69, 9.17) is 5.73 Å². The maximum Gasteiger partial charge on any atom is 0.227 e. The van der Waals surface area contributed by atoms with Crippen molar-refractivity contribution in [2.45, 2.75) is 44.6 Å². The number of likely N-dealkylation sites (tertiary alicyclic amines) is 1. The Kier molecular flexibility index (Phi) is 4.59. The average molecular weight is 286 g/mol. The number of carbonyl (C=O) groups excluding carboxylic acids is 1. The Morgan fingerprint density at radius 2 is 1.81 bits per heavy atom. The van der Waals surface area contributed by atoms with Gasteiger partial charge in [0.05, 0.1) is 5.92 Å². The zero-order valence-electron chi connectivity index (χ0n) is 12.7. The van der Waals surface area contributed by atoms with E-state index in [1.807, 2.05) is 0 Å². The van der Waals surface area contributed by atoms with E-state index in [0.717, 1.165) is 51.6 Å². The minimum Gasteiger partial charge on any atom is -0.342 e. The number of amides is 1. The van der Waals surface area contributed by atoms with Gasteiger partial charge >= 0.3 is 0 Å². The maximum absolute atomic E-state index is 12.5. The zero-order valence-corrected chi connectivity index (χ0v) is 12.7. The number of rotatable bonds is 3. The molecule has 1 saturated heterocycles. The second-order valence-corrected chi connectivity index (χ2v) is 6.66. The molecular formula is C18H26N2O. The lowest BCUT2D eigenvalue weighted by Crippen LogP contribution is -2.45.